The number of aryl methyl sites for hydroxylation is 1. The van der Waals surface area contributed by atoms with Crippen LogP contribution in [-0.2, 0) is 11.2 Å². The number of carboxylic acids is 1. The van der Waals surface area contributed by atoms with Crippen LogP contribution in [0.3, 0.4) is 0 Å². The summed E-state index contributed by atoms with van der Waals surface area (Å²) in [6, 6.07) is 16.2. The summed E-state index contributed by atoms with van der Waals surface area (Å²) in [6.45, 7) is 1.92. The molecule has 0 amide bonds. The van der Waals surface area contributed by atoms with Gasteiger partial charge >= 0.3 is 5.97 Å². The minimum Gasteiger partial charge on any atom is -0.481 e. The van der Waals surface area contributed by atoms with Crippen molar-refractivity contribution in [3.63, 3.8) is 0 Å². The van der Waals surface area contributed by atoms with E-state index in [0.717, 1.165) is 33.3 Å². The van der Waals surface area contributed by atoms with Gasteiger partial charge in [0.25, 0.3) is 0 Å². The Bertz CT molecular complexity index is 772. The van der Waals surface area contributed by atoms with Crippen molar-refractivity contribution in [1.82, 2.24) is 4.98 Å². The van der Waals surface area contributed by atoms with Crippen LogP contribution in [0.15, 0.2) is 48.5 Å². The van der Waals surface area contributed by atoms with E-state index in [0.29, 0.717) is 0 Å². The maximum atomic E-state index is 11.0. The molecule has 0 saturated heterocycles. The Balaban J connectivity index is 2.17. The number of aliphatic carboxylic acids is 1. The lowest BCUT2D eigenvalue weighted by Crippen LogP contribution is -2.00. The molecule has 3 rings (SSSR count). The van der Waals surface area contributed by atoms with Crippen molar-refractivity contribution < 1.29 is 9.90 Å². The van der Waals surface area contributed by atoms with E-state index >= 15 is 0 Å². The van der Waals surface area contributed by atoms with Crippen LogP contribution in [0.25, 0.3) is 22.0 Å². The highest BCUT2D eigenvalue weighted by atomic mass is 16.4. The van der Waals surface area contributed by atoms with E-state index < -0.39 is 5.97 Å². The summed E-state index contributed by atoms with van der Waals surface area (Å²) in [5, 5.41) is 10.0. The molecule has 0 unspecified atom stereocenters. The minimum absolute atomic E-state index is 0.0457. The minimum atomic E-state index is -0.806. The molecule has 0 spiro atoms. The van der Waals surface area contributed by atoms with Gasteiger partial charge in [0.2, 0.25) is 0 Å². The molecule has 3 aromatic rings. The van der Waals surface area contributed by atoms with Crippen molar-refractivity contribution in [2.45, 2.75) is 13.3 Å². The van der Waals surface area contributed by atoms with E-state index in [2.05, 4.69) is 29.2 Å². The highest BCUT2D eigenvalue weighted by Crippen LogP contribution is 2.28. The standard InChI is InChI=1S/C17H15NO2/c1-11-14(10-17(19)20)15-9-13(7-8-16(15)18-11)12-5-3-2-4-6-12/h2-9,18H,10H2,1H3,(H,19,20). The third-order valence-electron chi connectivity index (χ3n) is 3.55. The van der Waals surface area contributed by atoms with Crippen LogP contribution >= 0.6 is 0 Å². The fourth-order valence-corrected chi connectivity index (χ4v) is 2.57. The summed E-state index contributed by atoms with van der Waals surface area (Å²) in [7, 11) is 0. The molecule has 0 radical (unpaired) electrons. The van der Waals surface area contributed by atoms with Gasteiger partial charge in [-0.05, 0) is 35.7 Å². The van der Waals surface area contributed by atoms with Gasteiger partial charge in [0.05, 0.1) is 6.42 Å². The number of aromatic amines is 1. The van der Waals surface area contributed by atoms with Crippen LogP contribution in [-0.4, -0.2) is 16.1 Å². The number of H-pyrrole nitrogens is 1. The number of fused-ring (bicyclic) bond motifs is 1. The van der Waals surface area contributed by atoms with E-state index in [1.807, 2.05) is 31.2 Å². The fraction of sp³-hybridized carbons (Fsp3) is 0.118. The van der Waals surface area contributed by atoms with E-state index in [4.69, 9.17) is 5.11 Å². The number of carboxylic acid groups (broad SMARTS) is 1. The predicted octanol–water partition coefficient (Wildman–Crippen LogP) is 3.77. The molecule has 0 aliphatic carbocycles. The molecule has 0 aliphatic heterocycles. The topological polar surface area (TPSA) is 53.1 Å². The number of nitrogens with one attached hydrogen (secondary N) is 1. The molecule has 2 N–H and O–H groups in total. The zero-order valence-corrected chi connectivity index (χ0v) is 11.2. The Hall–Kier alpha value is -2.55. The van der Waals surface area contributed by atoms with Crippen molar-refractivity contribution >= 4 is 16.9 Å². The SMILES string of the molecule is Cc1[nH]c2ccc(-c3ccccc3)cc2c1CC(=O)O. The average molecular weight is 265 g/mol. The summed E-state index contributed by atoms with van der Waals surface area (Å²) in [5.41, 5.74) is 5.01. The maximum absolute atomic E-state index is 11.0. The van der Waals surface area contributed by atoms with Crippen molar-refractivity contribution in [1.29, 1.82) is 0 Å². The van der Waals surface area contributed by atoms with Gasteiger partial charge in [-0.3, -0.25) is 4.79 Å². The first-order chi connectivity index (χ1) is 9.65. The van der Waals surface area contributed by atoms with Crippen LogP contribution in [0.5, 0.6) is 0 Å². The zero-order chi connectivity index (χ0) is 14.1. The Morgan fingerprint density at radius 1 is 1.10 bits per heavy atom. The first-order valence-corrected chi connectivity index (χ1v) is 6.53. The van der Waals surface area contributed by atoms with Crippen molar-refractivity contribution in [2.24, 2.45) is 0 Å². The second-order valence-corrected chi connectivity index (χ2v) is 4.93. The molecule has 0 atom stereocenters. The second-order valence-electron chi connectivity index (χ2n) is 4.93. The molecular weight excluding hydrogens is 250 g/mol. The van der Waals surface area contributed by atoms with Gasteiger partial charge in [0.15, 0.2) is 0 Å². The quantitative estimate of drug-likeness (QED) is 0.757. The Kier molecular flexibility index (Phi) is 3.03. The molecule has 1 heterocycles. The number of aromatic nitrogens is 1. The second kappa shape index (κ2) is 4.85. The lowest BCUT2D eigenvalue weighted by atomic mass is 10.0. The number of benzene rings is 2. The molecule has 0 fully saturated rings. The lowest BCUT2D eigenvalue weighted by molar-refractivity contribution is -0.136. The summed E-state index contributed by atoms with van der Waals surface area (Å²) in [5.74, 6) is -0.806. The van der Waals surface area contributed by atoms with E-state index in [-0.39, 0.29) is 6.42 Å². The molecule has 0 saturated carbocycles. The average Bonchev–Trinajstić information content (AvgIpc) is 2.75. The fourth-order valence-electron chi connectivity index (χ4n) is 2.57. The smallest absolute Gasteiger partial charge is 0.307 e. The zero-order valence-electron chi connectivity index (χ0n) is 11.2. The molecule has 3 nitrogen and oxygen atoms in total. The molecule has 20 heavy (non-hydrogen) atoms. The Morgan fingerprint density at radius 2 is 1.85 bits per heavy atom. The molecule has 3 heteroatoms. The first-order valence-electron chi connectivity index (χ1n) is 6.53. The van der Waals surface area contributed by atoms with Gasteiger partial charge in [-0.1, -0.05) is 36.4 Å². The van der Waals surface area contributed by atoms with Crippen LogP contribution in [0.4, 0.5) is 0 Å². The highest BCUT2D eigenvalue weighted by molar-refractivity contribution is 5.91. The maximum Gasteiger partial charge on any atom is 0.307 e. The van der Waals surface area contributed by atoms with Crippen molar-refractivity contribution in [3.8, 4) is 11.1 Å². The third-order valence-corrected chi connectivity index (χ3v) is 3.55. The molecular formula is C17H15NO2. The van der Waals surface area contributed by atoms with E-state index in [9.17, 15) is 4.79 Å². The molecule has 0 bridgehead atoms. The van der Waals surface area contributed by atoms with Gasteiger partial charge in [-0.25, -0.2) is 0 Å². The van der Waals surface area contributed by atoms with E-state index in [1.165, 1.54) is 0 Å². The Morgan fingerprint density at radius 3 is 2.55 bits per heavy atom. The molecule has 1 aromatic heterocycles. The van der Waals surface area contributed by atoms with Crippen molar-refractivity contribution in [3.05, 3.63) is 59.8 Å². The Labute approximate surface area is 116 Å². The monoisotopic (exact) mass is 265 g/mol. The van der Waals surface area contributed by atoms with Gasteiger partial charge < -0.3 is 10.1 Å². The number of hydrogen-bond donors (Lipinski definition) is 2. The predicted molar refractivity (Wildman–Crippen MR) is 79.8 cm³/mol. The largest absolute Gasteiger partial charge is 0.481 e. The normalized spacial score (nSPS) is 10.8. The van der Waals surface area contributed by atoms with E-state index in [1.54, 1.807) is 0 Å². The molecule has 0 aliphatic rings. The first kappa shape index (κ1) is 12.5. The molecule has 100 valence electrons. The van der Waals surface area contributed by atoms with Gasteiger partial charge in [0.1, 0.15) is 0 Å². The highest BCUT2D eigenvalue weighted by Gasteiger charge is 2.12. The number of carbonyl (C=O) groups is 1. The number of rotatable bonds is 3. The van der Waals surface area contributed by atoms with Crippen molar-refractivity contribution in [2.75, 3.05) is 0 Å². The number of hydrogen-bond acceptors (Lipinski definition) is 1. The van der Waals surface area contributed by atoms with Gasteiger partial charge in [-0.15, -0.1) is 0 Å². The summed E-state index contributed by atoms with van der Waals surface area (Å²) >= 11 is 0. The molecule has 2 aromatic carbocycles. The van der Waals surface area contributed by atoms with Crippen LogP contribution in [0.1, 0.15) is 11.3 Å². The summed E-state index contributed by atoms with van der Waals surface area (Å²) in [4.78, 5) is 14.3. The van der Waals surface area contributed by atoms with Crippen LogP contribution in [0.2, 0.25) is 0 Å². The van der Waals surface area contributed by atoms with Crippen LogP contribution < -0.4 is 0 Å². The van der Waals surface area contributed by atoms with Crippen LogP contribution in [0, 0.1) is 6.92 Å². The van der Waals surface area contributed by atoms with Gasteiger partial charge in [0, 0.05) is 16.6 Å². The third kappa shape index (κ3) is 2.18. The summed E-state index contributed by atoms with van der Waals surface area (Å²) < 4.78 is 0. The lowest BCUT2D eigenvalue weighted by Gasteiger charge is -2.03. The summed E-state index contributed by atoms with van der Waals surface area (Å²) in [6.07, 6.45) is 0.0457. The van der Waals surface area contributed by atoms with Gasteiger partial charge in [-0.2, -0.15) is 0 Å².